The number of sulfonamides is 1. The van der Waals surface area contributed by atoms with E-state index in [-0.39, 0.29) is 4.90 Å². The minimum absolute atomic E-state index is 0.00337. The van der Waals surface area contributed by atoms with Crippen LogP contribution in [0.5, 0.6) is 0 Å². The lowest BCUT2D eigenvalue weighted by Gasteiger charge is -2.14. The summed E-state index contributed by atoms with van der Waals surface area (Å²) in [5, 5.41) is 0. The van der Waals surface area contributed by atoms with Gasteiger partial charge in [-0.1, -0.05) is 56.9 Å². The molecule has 0 aliphatic heterocycles. The van der Waals surface area contributed by atoms with Gasteiger partial charge in [0.05, 0.1) is 9.79 Å². The molecule has 0 saturated carbocycles. The van der Waals surface area contributed by atoms with Crippen molar-refractivity contribution in [2.45, 2.75) is 30.6 Å². The topological polar surface area (TPSA) is 75.6 Å². The van der Waals surface area contributed by atoms with E-state index in [2.05, 4.69) is 8.49 Å². The molecular weight excluding hydrogens is 392 g/mol. The maximum Gasteiger partial charge on any atom is 0.291 e. The second kappa shape index (κ2) is 7.77. The molecule has 3 aromatic carbocycles. The summed E-state index contributed by atoms with van der Waals surface area (Å²) in [6.07, 6.45) is 0. The number of benzene rings is 3. The number of hydrogen-bond acceptors (Lipinski definition) is 3. The van der Waals surface area contributed by atoms with E-state index < -0.39 is 19.9 Å². The molecule has 0 amide bonds. The van der Waals surface area contributed by atoms with Gasteiger partial charge in [-0.05, 0) is 57.2 Å². The molecule has 1 N–H and O–H groups in total. The molecule has 28 heavy (non-hydrogen) atoms. The van der Waals surface area contributed by atoms with E-state index in [0.717, 1.165) is 16.7 Å². The molecule has 0 saturated heterocycles. The second-order valence-corrected chi connectivity index (χ2v) is 10.4. The average molecular weight is 415 g/mol. The zero-order chi connectivity index (χ0) is 20.4. The molecule has 0 bridgehead atoms. The van der Waals surface area contributed by atoms with E-state index in [1.165, 1.54) is 12.1 Å². The monoisotopic (exact) mass is 414 g/mol. The van der Waals surface area contributed by atoms with Crippen LogP contribution >= 0.6 is 0 Å². The van der Waals surface area contributed by atoms with Crippen molar-refractivity contribution in [3.8, 4) is 0 Å². The van der Waals surface area contributed by atoms with Crippen LogP contribution in [-0.4, -0.2) is 12.6 Å². The number of nitrogens with one attached hydrogen (secondary N) is 1. The normalized spacial score (nSPS) is 13.5. The average Bonchev–Trinajstić information content (AvgIpc) is 2.64. The Bertz CT molecular complexity index is 1190. The molecule has 1 atom stereocenters. The van der Waals surface area contributed by atoms with Crippen molar-refractivity contribution in [1.82, 2.24) is 0 Å². The van der Waals surface area contributed by atoms with Gasteiger partial charge in [0.25, 0.3) is 10.0 Å². The number of rotatable bonds is 5. The lowest BCUT2D eigenvalue weighted by Crippen LogP contribution is -2.15. The summed E-state index contributed by atoms with van der Waals surface area (Å²) in [5.74, 6) is 0. The third-order valence-electron chi connectivity index (χ3n) is 4.17. The first-order chi connectivity index (χ1) is 13.2. The van der Waals surface area contributed by atoms with Crippen LogP contribution in [0.4, 0.5) is 5.69 Å². The van der Waals surface area contributed by atoms with E-state index in [9.17, 15) is 12.6 Å². The predicted octanol–water partition coefficient (Wildman–Crippen LogP) is 4.85. The molecular formula is C21H22N2O3S2. The highest BCUT2D eigenvalue weighted by Gasteiger charge is 2.21. The summed E-state index contributed by atoms with van der Waals surface area (Å²) in [6, 6.07) is 20.3. The second-order valence-electron chi connectivity index (χ2n) is 6.67. The minimum atomic E-state index is -4.13. The summed E-state index contributed by atoms with van der Waals surface area (Å²) in [5.41, 5.74) is 3.47. The molecule has 0 radical (unpaired) electrons. The summed E-state index contributed by atoms with van der Waals surface area (Å²) in [6.45, 7) is 5.70. The maximum absolute atomic E-state index is 13.8. The van der Waals surface area contributed by atoms with Gasteiger partial charge >= 0.3 is 0 Å². The minimum Gasteiger partial charge on any atom is -0.294 e. The third-order valence-corrected chi connectivity index (χ3v) is 8.09. The summed E-state index contributed by atoms with van der Waals surface area (Å²) >= 11 is 0. The molecule has 3 aromatic rings. The van der Waals surface area contributed by atoms with Gasteiger partial charge in [-0.3, -0.25) is 4.72 Å². The Labute approximate surface area is 166 Å². The van der Waals surface area contributed by atoms with E-state index in [1.807, 2.05) is 32.9 Å². The Hall–Kier alpha value is -2.64. The third kappa shape index (κ3) is 4.61. The van der Waals surface area contributed by atoms with Gasteiger partial charge < -0.3 is 0 Å². The largest absolute Gasteiger partial charge is 0.294 e. The Morgan fingerprint density at radius 3 is 1.46 bits per heavy atom. The maximum atomic E-state index is 13.8. The Morgan fingerprint density at radius 1 is 0.607 bits per heavy atom. The number of hydrogen-bond donors (Lipinski definition) is 1. The van der Waals surface area contributed by atoms with Crippen LogP contribution in [0, 0.1) is 20.8 Å². The molecule has 0 aromatic heterocycles. The van der Waals surface area contributed by atoms with E-state index in [1.54, 1.807) is 48.5 Å². The first-order valence-electron chi connectivity index (χ1n) is 8.69. The lowest BCUT2D eigenvalue weighted by atomic mass is 10.2. The Morgan fingerprint density at radius 2 is 1.00 bits per heavy atom. The van der Waals surface area contributed by atoms with Crippen molar-refractivity contribution in [2.75, 3.05) is 4.72 Å². The van der Waals surface area contributed by atoms with Crippen LogP contribution < -0.4 is 4.72 Å². The fraction of sp³-hybridized carbons (Fsp3) is 0.143. The zero-order valence-corrected chi connectivity index (χ0v) is 17.5. The van der Waals surface area contributed by atoms with Gasteiger partial charge in [-0.15, -0.1) is 0 Å². The molecule has 1 unspecified atom stereocenters. The SMILES string of the molecule is Cc1ccc(NS(=O)(=NS(=O)(=O)c2ccc(C)cc2)c2ccc(C)cc2)cc1. The van der Waals surface area contributed by atoms with E-state index >= 15 is 0 Å². The first kappa shape index (κ1) is 20.1. The predicted molar refractivity (Wildman–Crippen MR) is 113 cm³/mol. The van der Waals surface area contributed by atoms with E-state index in [0.29, 0.717) is 10.6 Å². The van der Waals surface area contributed by atoms with Gasteiger partial charge in [-0.2, -0.15) is 8.42 Å². The standard InChI is InChI=1S/C21H22N2O3S2/c1-16-4-10-19(11-5-16)22-27(24,20-12-6-17(2)7-13-20)23-28(25,26)21-14-8-18(3)9-15-21/h4-15H,1-3H3,(H,22,23,24). The van der Waals surface area contributed by atoms with Crippen molar-refractivity contribution in [3.05, 3.63) is 89.5 Å². The summed E-state index contributed by atoms with van der Waals surface area (Å²) < 4.78 is 46.2. The molecule has 0 heterocycles. The van der Waals surface area contributed by atoms with Gasteiger partial charge in [0, 0.05) is 5.69 Å². The fourth-order valence-electron chi connectivity index (χ4n) is 2.52. The quantitative estimate of drug-likeness (QED) is 0.648. The summed E-state index contributed by atoms with van der Waals surface area (Å²) in [4.78, 5) is 0.304. The van der Waals surface area contributed by atoms with Gasteiger partial charge in [-0.25, -0.2) is 4.21 Å². The molecule has 0 aliphatic carbocycles. The molecule has 3 rings (SSSR count). The van der Waals surface area contributed by atoms with Crippen LogP contribution in [0.1, 0.15) is 16.7 Å². The van der Waals surface area contributed by atoms with Crippen molar-refractivity contribution < 1.29 is 12.6 Å². The molecule has 146 valence electrons. The highest BCUT2D eigenvalue weighted by atomic mass is 32.3. The van der Waals surface area contributed by atoms with Crippen LogP contribution in [-0.2, 0) is 19.9 Å². The smallest absolute Gasteiger partial charge is 0.291 e. The Balaban J connectivity index is 2.16. The molecule has 0 fully saturated rings. The van der Waals surface area contributed by atoms with Crippen LogP contribution in [0.25, 0.3) is 0 Å². The number of aryl methyl sites for hydroxylation is 3. The van der Waals surface area contributed by atoms with Crippen LogP contribution in [0.15, 0.2) is 86.4 Å². The van der Waals surface area contributed by atoms with Crippen LogP contribution in [0.2, 0.25) is 0 Å². The van der Waals surface area contributed by atoms with Gasteiger partial charge in [0.1, 0.15) is 0 Å². The zero-order valence-electron chi connectivity index (χ0n) is 15.9. The van der Waals surface area contributed by atoms with E-state index in [4.69, 9.17) is 0 Å². The number of anilines is 1. The molecule has 0 spiro atoms. The first-order valence-corrected chi connectivity index (χ1v) is 11.6. The van der Waals surface area contributed by atoms with Crippen molar-refractivity contribution in [2.24, 2.45) is 3.77 Å². The molecule has 0 aliphatic rings. The molecule has 5 nitrogen and oxygen atoms in total. The number of nitrogens with zero attached hydrogens (tertiary/aromatic N) is 1. The van der Waals surface area contributed by atoms with Crippen molar-refractivity contribution in [1.29, 1.82) is 0 Å². The highest BCUT2D eigenvalue weighted by Crippen LogP contribution is 2.23. The van der Waals surface area contributed by atoms with Gasteiger partial charge in [0.15, 0.2) is 9.92 Å². The van der Waals surface area contributed by atoms with Crippen molar-refractivity contribution >= 4 is 25.6 Å². The summed E-state index contributed by atoms with van der Waals surface area (Å²) in [7, 11) is -7.61. The van der Waals surface area contributed by atoms with Gasteiger partial charge in [0.2, 0.25) is 0 Å². The fourth-order valence-corrected chi connectivity index (χ4v) is 6.02. The van der Waals surface area contributed by atoms with Crippen molar-refractivity contribution in [3.63, 3.8) is 0 Å². The highest BCUT2D eigenvalue weighted by molar-refractivity contribution is 8.04. The van der Waals surface area contributed by atoms with Crippen LogP contribution in [0.3, 0.4) is 0 Å². The Kier molecular flexibility index (Phi) is 5.58. The lowest BCUT2D eigenvalue weighted by molar-refractivity contribution is 0.598. The molecule has 7 heteroatoms.